The van der Waals surface area contributed by atoms with Crippen LogP contribution in [-0.2, 0) is 10.0 Å². The number of nitrogens with zero attached hydrogens (tertiary/aromatic N) is 2. The fraction of sp³-hybridized carbons (Fsp3) is 0.222. The maximum Gasteiger partial charge on any atom is 0.283 e. The summed E-state index contributed by atoms with van der Waals surface area (Å²) in [6.07, 6.45) is 1.49. The van der Waals surface area contributed by atoms with Gasteiger partial charge in [-0.1, -0.05) is 11.6 Å². The fourth-order valence-electron chi connectivity index (χ4n) is 2.68. The van der Waals surface area contributed by atoms with Gasteiger partial charge in [0.15, 0.2) is 0 Å². The van der Waals surface area contributed by atoms with E-state index in [1.807, 2.05) is 4.90 Å². The molecule has 0 saturated carbocycles. The Labute approximate surface area is 161 Å². The number of carbonyl (C=O) groups excluding carboxylic acids is 1. The van der Waals surface area contributed by atoms with Crippen molar-refractivity contribution in [3.05, 3.63) is 58.9 Å². The standard InChI is InChI=1S/C18H17ClFN3O3S/c1-23-10-2-3-17(23)22-27(25,26)14-7-5-13(6-8-14)21-18(24)15-11-12(19)4-9-16(15)20/h4-9,11H,2-3,10H2,1H3,(H,21,24)/b22-17+. The summed E-state index contributed by atoms with van der Waals surface area (Å²) in [5.41, 5.74) is 0.124. The smallest absolute Gasteiger partial charge is 0.283 e. The van der Waals surface area contributed by atoms with Crippen LogP contribution in [0.25, 0.3) is 0 Å². The van der Waals surface area contributed by atoms with E-state index in [0.717, 1.165) is 19.0 Å². The molecule has 1 fully saturated rings. The lowest BCUT2D eigenvalue weighted by Gasteiger charge is -2.11. The monoisotopic (exact) mass is 409 g/mol. The summed E-state index contributed by atoms with van der Waals surface area (Å²) in [6.45, 7) is 0.777. The third-order valence-corrected chi connectivity index (χ3v) is 5.70. The molecule has 1 saturated heterocycles. The molecule has 27 heavy (non-hydrogen) atoms. The van der Waals surface area contributed by atoms with Crippen molar-refractivity contribution >= 4 is 39.1 Å². The van der Waals surface area contributed by atoms with Crippen molar-refractivity contribution in [3.63, 3.8) is 0 Å². The van der Waals surface area contributed by atoms with Gasteiger partial charge in [-0.3, -0.25) is 4.79 Å². The SMILES string of the molecule is CN1CCC/C1=N\S(=O)(=O)c1ccc(NC(=O)c2cc(Cl)ccc2F)cc1. The van der Waals surface area contributed by atoms with Gasteiger partial charge in [-0.05, 0) is 48.9 Å². The molecule has 0 bridgehead atoms. The average Bonchev–Trinajstić information content (AvgIpc) is 3.01. The van der Waals surface area contributed by atoms with Gasteiger partial charge in [0.2, 0.25) is 0 Å². The van der Waals surface area contributed by atoms with Gasteiger partial charge in [-0.25, -0.2) is 4.39 Å². The van der Waals surface area contributed by atoms with Crippen LogP contribution in [0.2, 0.25) is 5.02 Å². The zero-order valence-electron chi connectivity index (χ0n) is 14.4. The van der Waals surface area contributed by atoms with Crippen molar-refractivity contribution in [2.45, 2.75) is 17.7 Å². The molecule has 6 nitrogen and oxygen atoms in total. The quantitative estimate of drug-likeness (QED) is 0.837. The maximum absolute atomic E-state index is 13.8. The van der Waals surface area contributed by atoms with Crippen LogP contribution in [0.3, 0.4) is 0 Å². The molecule has 0 radical (unpaired) electrons. The Hall–Kier alpha value is -2.45. The first-order chi connectivity index (χ1) is 12.8. The molecule has 2 aromatic rings. The highest BCUT2D eigenvalue weighted by Crippen LogP contribution is 2.21. The third-order valence-electron chi connectivity index (χ3n) is 4.14. The summed E-state index contributed by atoms with van der Waals surface area (Å²) >= 11 is 5.79. The highest BCUT2D eigenvalue weighted by atomic mass is 35.5. The van der Waals surface area contributed by atoms with Gasteiger partial charge in [0, 0.05) is 30.7 Å². The number of nitrogens with one attached hydrogen (secondary N) is 1. The van der Waals surface area contributed by atoms with Gasteiger partial charge in [0.05, 0.1) is 10.5 Å². The summed E-state index contributed by atoms with van der Waals surface area (Å²) in [5, 5.41) is 2.74. The minimum atomic E-state index is -3.83. The Balaban J connectivity index is 1.77. The zero-order chi connectivity index (χ0) is 19.6. The van der Waals surface area contributed by atoms with E-state index in [9.17, 15) is 17.6 Å². The largest absolute Gasteiger partial charge is 0.362 e. The minimum Gasteiger partial charge on any atom is -0.362 e. The van der Waals surface area contributed by atoms with Crippen LogP contribution in [0.15, 0.2) is 51.8 Å². The Morgan fingerprint density at radius 1 is 1.22 bits per heavy atom. The number of benzene rings is 2. The highest BCUT2D eigenvalue weighted by molar-refractivity contribution is 7.90. The number of amidine groups is 1. The van der Waals surface area contributed by atoms with Gasteiger partial charge in [0.1, 0.15) is 11.7 Å². The summed E-state index contributed by atoms with van der Waals surface area (Å²) in [6, 6.07) is 9.20. The van der Waals surface area contributed by atoms with Crippen molar-refractivity contribution in [1.82, 2.24) is 4.90 Å². The van der Waals surface area contributed by atoms with Crippen LogP contribution < -0.4 is 5.32 Å². The molecule has 3 rings (SSSR count). The Bertz CT molecular complexity index is 1010. The van der Waals surface area contributed by atoms with Gasteiger partial charge < -0.3 is 10.2 Å². The van der Waals surface area contributed by atoms with E-state index in [0.29, 0.717) is 17.9 Å². The van der Waals surface area contributed by atoms with Crippen molar-refractivity contribution in [2.24, 2.45) is 4.40 Å². The molecule has 1 amide bonds. The molecule has 2 aromatic carbocycles. The van der Waals surface area contributed by atoms with Crippen LogP contribution in [0.4, 0.5) is 10.1 Å². The average molecular weight is 410 g/mol. The topological polar surface area (TPSA) is 78.8 Å². The minimum absolute atomic E-state index is 0.0160. The predicted octanol–water partition coefficient (Wildman–Crippen LogP) is 3.54. The van der Waals surface area contributed by atoms with E-state index in [4.69, 9.17) is 11.6 Å². The number of rotatable bonds is 4. The van der Waals surface area contributed by atoms with E-state index in [1.165, 1.54) is 36.4 Å². The maximum atomic E-state index is 13.8. The van der Waals surface area contributed by atoms with Crippen LogP contribution in [0, 0.1) is 5.82 Å². The second kappa shape index (κ2) is 7.66. The van der Waals surface area contributed by atoms with Crippen LogP contribution in [-0.4, -0.2) is 38.7 Å². The van der Waals surface area contributed by atoms with Gasteiger partial charge in [0.25, 0.3) is 15.9 Å². The molecule has 9 heteroatoms. The van der Waals surface area contributed by atoms with Crippen LogP contribution in [0.1, 0.15) is 23.2 Å². The Morgan fingerprint density at radius 2 is 1.93 bits per heavy atom. The van der Waals surface area contributed by atoms with Crippen molar-refractivity contribution < 1.29 is 17.6 Å². The van der Waals surface area contributed by atoms with E-state index in [2.05, 4.69) is 9.71 Å². The molecule has 1 aliphatic rings. The first kappa shape index (κ1) is 19.3. The summed E-state index contributed by atoms with van der Waals surface area (Å²) < 4.78 is 42.4. The van der Waals surface area contributed by atoms with Gasteiger partial charge in [-0.15, -0.1) is 4.40 Å². The molecular formula is C18H17ClFN3O3S. The molecule has 0 atom stereocenters. The lowest BCUT2D eigenvalue weighted by molar-refractivity contribution is 0.102. The van der Waals surface area contributed by atoms with Crippen LogP contribution in [0.5, 0.6) is 0 Å². The number of likely N-dealkylation sites (tertiary alicyclic amines) is 1. The second-order valence-corrected chi connectivity index (χ2v) is 8.15. The lowest BCUT2D eigenvalue weighted by Crippen LogP contribution is -2.20. The fourth-order valence-corrected chi connectivity index (χ4v) is 3.95. The van der Waals surface area contributed by atoms with E-state index < -0.39 is 21.7 Å². The molecule has 0 spiro atoms. The highest BCUT2D eigenvalue weighted by Gasteiger charge is 2.20. The molecule has 142 valence electrons. The van der Waals surface area contributed by atoms with E-state index in [1.54, 1.807) is 7.05 Å². The number of anilines is 1. The summed E-state index contributed by atoms with van der Waals surface area (Å²) in [4.78, 5) is 14.0. The van der Waals surface area contributed by atoms with Crippen molar-refractivity contribution in [2.75, 3.05) is 18.9 Å². The van der Waals surface area contributed by atoms with Gasteiger partial charge >= 0.3 is 0 Å². The molecule has 1 N–H and O–H groups in total. The van der Waals surface area contributed by atoms with E-state index >= 15 is 0 Å². The van der Waals surface area contributed by atoms with Gasteiger partial charge in [-0.2, -0.15) is 8.42 Å². The zero-order valence-corrected chi connectivity index (χ0v) is 16.0. The normalized spacial score (nSPS) is 16.0. The number of amides is 1. The Morgan fingerprint density at radius 3 is 2.56 bits per heavy atom. The third kappa shape index (κ3) is 4.45. The summed E-state index contributed by atoms with van der Waals surface area (Å²) in [5.74, 6) is -0.852. The first-order valence-corrected chi connectivity index (χ1v) is 9.99. The number of hydrogen-bond donors (Lipinski definition) is 1. The predicted molar refractivity (Wildman–Crippen MR) is 102 cm³/mol. The van der Waals surface area contributed by atoms with Crippen LogP contribution >= 0.6 is 11.6 Å². The first-order valence-electron chi connectivity index (χ1n) is 8.18. The molecule has 0 unspecified atom stereocenters. The lowest BCUT2D eigenvalue weighted by atomic mass is 10.2. The molecule has 1 aliphatic heterocycles. The molecule has 1 heterocycles. The number of halogens is 2. The van der Waals surface area contributed by atoms with E-state index in [-0.39, 0.29) is 15.5 Å². The molecule has 0 aromatic heterocycles. The van der Waals surface area contributed by atoms with Crippen molar-refractivity contribution in [3.8, 4) is 0 Å². The summed E-state index contributed by atoms with van der Waals surface area (Å²) in [7, 11) is -2.03. The Kier molecular flexibility index (Phi) is 5.48. The number of carbonyl (C=O) groups is 1. The number of sulfonamides is 1. The molecular weight excluding hydrogens is 393 g/mol. The van der Waals surface area contributed by atoms with Crippen molar-refractivity contribution in [1.29, 1.82) is 0 Å². The number of hydrogen-bond acceptors (Lipinski definition) is 3. The molecule has 0 aliphatic carbocycles. The second-order valence-electron chi connectivity index (χ2n) is 6.11.